The van der Waals surface area contributed by atoms with Crippen LogP contribution in [0.1, 0.15) is 19.1 Å². The Morgan fingerprint density at radius 2 is 2.44 bits per heavy atom. The smallest absolute Gasteiger partial charge is 0.280 e. The predicted octanol–water partition coefficient (Wildman–Crippen LogP) is 0.254. The summed E-state index contributed by atoms with van der Waals surface area (Å²) < 4.78 is 7.63. The Morgan fingerprint density at radius 1 is 1.61 bits per heavy atom. The van der Waals surface area contributed by atoms with Gasteiger partial charge in [-0.2, -0.15) is 4.98 Å². The minimum atomic E-state index is -0.322. The van der Waals surface area contributed by atoms with Crippen LogP contribution >= 0.6 is 9.24 Å². The molecule has 3 heterocycles. The van der Waals surface area contributed by atoms with E-state index < -0.39 is 0 Å². The molecule has 1 unspecified atom stereocenters. The number of fused-ring (bicyclic) bond motifs is 1. The second-order valence-electron chi connectivity index (χ2n) is 4.30. The summed E-state index contributed by atoms with van der Waals surface area (Å²) in [6, 6.07) is 0. The number of imidazole rings is 1. The van der Waals surface area contributed by atoms with E-state index in [-0.39, 0.29) is 23.8 Å². The van der Waals surface area contributed by atoms with Crippen LogP contribution in [0.3, 0.4) is 0 Å². The van der Waals surface area contributed by atoms with Crippen LogP contribution in [0.15, 0.2) is 11.1 Å². The summed E-state index contributed by atoms with van der Waals surface area (Å²) in [4.78, 5) is 22.3. The van der Waals surface area contributed by atoms with Gasteiger partial charge in [0, 0.05) is 0 Å². The maximum atomic E-state index is 11.7. The fourth-order valence-corrected chi connectivity index (χ4v) is 2.57. The van der Waals surface area contributed by atoms with Crippen LogP contribution in [0, 0.1) is 0 Å². The molecule has 96 valence electrons. The lowest BCUT2D eigenvalue weighted by atomic mass is 10.2. The summed E-state index contributed by atoms with van der Waals surface area (Å²) in [6.45, 7) is 0. The van der Waals surface area contributed by atoms with E-state index >= 15 is 0 Å². The van der Waals surface area contributed by atoms with Crippen molar-refractivity contribution in [1.82, 2.24) is 19.5 Å². The zero-order chi connectivity index (χ0) is 12.7. The summed E-state index contributed by atoms with van der Waals surface area (Å²) in [5, 5.41) is 0. The summed E-state index contributed by atoms with van der Waals surface area (Å²) in [7, 11) is 2.68. The number of hydrogen-bond acceptors (Lipinski definition) is 5. The van der Waals surface area contributed by atoms with Crippen LogP contribution in [-0.2, 0) is 4.74 Å². The molecule has 3 rings (SSSR count). The third-order valence-electron chi connectivity index (χ3n) is 3.11. The molecule has 0 amide bonds. The Hall–Kier alpha value is -1.46. The molecule has 1 fully saturated rings. The fraction of sp³-hybridized carbons (Fsp3) is 0.500. The molecule has 0 aliphatic carbocycles. The van der Waals surface area contributed by atoms with Gasteiger partial charge in [-0.25, -0.2) is 4.98 Å². The Morgan fingerprint density at radius 3 is 3.17 bits per heavy atom. The number of anilines is 1. The van der Waals surface area contributed by atoms with Gasteiger partial charge in [0.2, 0.25) is 5.95 Å². The second kappa shape index (κ2) is 4.33. The average molecular weight is 267 g/mol. The van der Waals surface area contributed by atoms with E-state index in [0.29, 0.717) is 11.2 Å². The van der Waals surface area contributed by atoms with Gasteiger partial charge in [-0.05, 0) is 19.0 Å². The molecule has 3 N–H and O–H groups in total. The minimum absolute atomic E-state index is 0.0924. The van der Waals surface area contributed by atoms with E-state index in [9.17, 15) is 4.79 Å². The fourth-order valence-electron chi connectivity index (χ4n) is 2.22. The van der Waals surface area contributed by atoms with Gasteiger partial charge < -0.3 is 10.5 Å². The molecule has 0 radical (unpaired) electrons. The molecular weight excluding hydrogens is 253 g/mol. The highest BCUT2D eigenvalue weighted by Crippen LogP contribution is 2.30. The molecule has 3 atom stereocenters. The molecule has 1 aliphatic rings. The molecule has 0 aromatic carbocycles. The van der Waals surface area contributed by atoms with Gasteiger partial charge in [-0.3, -0.25) is 14.3 Å². The molecule has 2 aromatic rings. The van der Waals surface area contributed by atoms with Gasteiger partial charge in [0.25, 0.3) is 5.56 Å². The van der Waals surface area contributed by atoms with E-state index in [1.165, 1.54) is 0 Å². The molecule has 8 heteroatoms. The third kappa shape index (κ3) is 1.79. The highest BCUT2D eigenvalue weighted by molar-refractivity contribution is 7.16. The number of hydrogen-bond donors (Lipinski definition) is 2. The number of nitrogen functional groups attached to an aromatic ring is 1. The first-order chi connectivity index (χ1) is 8.69. The Bertz CT molecular complexity index is 637. The van der Waals surface area contributed by atoms with Crippen LogP contribution in [0.2, 0.25) is 0 Å². The molecule has 18 heavy (non-hydrogen) atoms. The predicted molar refractivity (Wildman–Crippen MR) is 70.3 cm³/mol. The highest BCUT2D eigenvalue weighted by atomic mass is 31.0. The van der Waals surface area contributed by atoms with Crippen molar-refractivity contribution < 1.29 is 4.74 Å². The molecule has 1 saturated heterocycles. The van der Waals surface area contributed by atoms with Crippen molar-refractivity contribution >= 4 is 26.4 Å². The number of nitrogens with two attached hydrogens (primary N) is 1. The first-order valence-corrected chi connectivity index (χ1v) is 6.58. The maximum Gasteiger partial charge on any atom is 0.280 e. The van der Waals surface area contributed by atoms with Crippen molar-refractivity contribution in [3.8, 4) is 0 Å². The van der Waals surface area contributed by atoms with Crippen LogP contribution in [0.5, 0.6) is 0 Å². The summed E-state index contributed by atoms with van der Waals surface area (Å²) in [5.41, 5.74) is 6.00. The van der Waals surface area contributed by atoms with E-state index in [4.69, 9.17) is 10.5 Å². The van der Waals surface area contributed by atoms with Gasteiger partial charge in [-0.15, -0.1) is 9.24 Å². The van der Waals surface area contributed by atoms with Crippen LogP contribution in [0.4, 0.5) is 5.95 Å². The van der Waals surface area contributed by atoms with Gasteiger partial charge in [0.1, 0.15) is 6.23 Å². The topological polar surface area (TPSA) is 98.8 Å². The Balaban J connectivity index is 2.05. The highest BCUT2D eigenvalue weighted by Gasteiger charge is 2.27. The number of nitrogens with one attached hydrogen (secondary N) is 1. The molecule has 0 bridgehead atoms. The molecule has 1 aliphatic heterocycles. The lowest BCUT2D eigenvalue weighted by Gasteiger charge is -2.13. The average Bonchev–Trinajstić information content (AvgIpc) is 2.93. The van der Waals surface area contributed by atoms with Gasteiger partial charge >= 0.3 is 0 Å². The minimum Gasteiger partial charge on any atom is -0.369 e. The molecular formula is C10H14N5O2P. The van der Waals surface area contributed by atoms with Gasteiger partial charge in [0.05, 0.1) is 12.4 Å². The molecule has 0 saturated carbocycles. The standard InChI is InChI=1S/C10H14N5O2P/c11-10-13-8-7(9(16)14-10)12-4-15(8)6-2-1-5(3-18)17-6/h4-6H,1-3,18H2,(H3,11,13,14,16)/t5-,6+/m0/s1. The zero-order valence-corrected chi connectivity index (χ0v) is 10.8. The Labute approximate surface area is 105 Å². The number of nitrogens with zero attached hydrogens (tertiary/aromatic N) is 3. The summed E-state index contributed by atoms with van der Waals surface area (Å²) >= 11 is 0. The van der Waals surface area contributed by atoms with E-state index in [1.807, 2.05) is 0 Å². The van der Waals surface area contributed by atoms with Gasteiger partial charge in [0.15, 0.2) is 11.2 Å². The van der Waals surface area contributed by atoms with Crippen molar-refractivity contribution in [2.24, 2.45) is 0 Å². The number of ether oxygens (including phenoxy) is 1. The van der Waals surface area contributed by atoms with Crippen LogP contribution < -0.4 is 11.3 Å². The third-order valence-corrected chi connectivity index (χ3v) is 3.63. The van der Waals surface area contributed by atoms with Crippen LogP contribution in [0.25, 0.3) is 11.2 Å². The summed E-state index contributed by atoms with van der Waals surface area (Å²) in [6.07, 6.45) is 4.48. The number of aromatic amines is 1. The molecule has 0 spiro atoms. The van der Waals surface area contributed by atoms with E-state index in [0.717, 1.165) is 19.0 Å². The van der Waals surface area contributed by atoms with Crippen molar-refractivity contribution in [2.75, 3.05) is 11.9 Å². The van der Waals surface area contributed by atoms with Gasteiger partial charge in [-0.1, -0.05) is 0 Å². The van der Waals surface area contributed by atoms with Crippen molar-refractivity contribution in [2.45, 2.75) is 25.2 Å². The monoisotopic (exact) mass is 267 g/mol. The molecule has 7 nitrogen and oxygen atoms in total. The maximum absolute atomic E-state index is 11.7. The normalized spacial score (nSPS) is 23.8. The zero-order valence-electron chi connectivity index (χ0n) is 9.67. The first kappa shape index (κ1) is 11.6. The number of aromatic nitrogens is 4. The SMILES string of the molecule is Nc1nc2c(ncn2[C@H]2CC[C@@H](CP)O2)c(=O)[nH]1. The lowest BCUT2D eigenvalue weighted by molar-refractivity contribution is 0.0152. The largest absolute Gasteiger partial charge is 0.369 e. The van der Waals surface area contributed by atoms with Crippen molar-refractivity contribution in [1.29, 1.82) is 0 Å². The van der Waals surface area contributed by atoms with Crippen LogP contribution in [-0.4, -0.2) is 31.8 Å². The van der Waals surface area contributed by atoms with E-state index in [1.54, 1.807) is 10.9 Å². The molecule has 2 aromatic heterocycles. The lowest BCUT2D eigenvalue weighted by Crippen LogP contribution is -2.15. The van der Waals surface area contributed by atoms with Crippen molar-refractivity contribution in [3.63, 3.8) is 0 Å². The summed E-state index contributed by atoms with van der Waals surface area (Å²) in [5.74, 6) is 0.0924. The Kier molecular flexibility index (Phi) is 2.80. The van der Waals surface area contributed by atoms with E-state index in [2.05, 4.69) is 24.2 Å². The van der Waals surface area contributed by atoms with Crippen molar-refractivity contribution in [3.05, 3.63) is 16.7 Å². The number of rotatable bonds is 2. The second-order valence-corrected chi connectivity index (χ2v) is 4.77. The number of H-pyrrole nitrogens is 1. The quantitative estimate of drug-likeness (QED) is 0.760. The first-order valence-electron chi connectivity index (χ1n) is 5.77.